The van der Waals surface area contributed by atoms with Crippen molar-refractivity contribution in [2.45, 2.75) is 32.6 Å². The summed E-state index contributed by atoms with van der Waals surface area (Å²) < 4.78 is 0. The molecule has 2 nitrogen and oxygen atoms in total. The van der Waals surface area contributed by atoms with E-state index in [1.165, 1.54) is 0 Å². The van der Waals surface area contributed by atoms with Gasteiger partial charge in [-0.15, -0.1) is 0 Å². The van der Waals surface area contributed by atoms with Gasteiger partial charge < -0.3 is 0 Å². The molecule has 1 aliphatic carbocycles. The molecule has 1 atom stereocenters. The van der Waals surface area contributed by atoms with E-state index in [0.717, 1.165) is 5.56 Å². The maximum atomic E-state index is 12.2. The third-order valence-corrected chi connectivity index (χ3v) is 3.49. The van der Waals surface area contributed by atoms with Gasteiger partial charge in [0.1, 0.15) is 5.78 Å². The van der Waals surface area contributed by atoms with Crippen molar-refractivity contribution in [1.82, 2.24) is 0 Å². The van der Waals surface area contributed by atoms with E-state index >= 15 is 0 Å². The summed E-state index contributed by atoms with van der Waals surface area (Å²) in [5, 5.41) is 0. The second kappa shape index (κ2) is 3.85. The minimum Gasteiger partial charge on any atom is -0.299 e. The Balaban J connectivity index is 2.32. The Morgan fingerprint density at radius 1 is 1.12 bits per heavy atom. The minimum atomic E-state index is -0.807. The van der Waals surface area contributed by atoms with Crippen LogP contribution in [0.3, 0.4) is 0 Å². The molecule has 84 valence electrons. The fraction of sp³-hybridized carbons (Fsp3) is 0.429. The smallest absolute Gasteiger partial charge is 0.153 e. The van der Waals surface area contributed by atoms with Gasteiger partial charge in [0.15, 0.2) is 5.78 Å². The molecule has 0 heterocycles. The van der Waals surface area contributed by atoms with Crippen LogP contribution in [-0.4, -0.2) is 11.6 Å². The summed E-state index contributed by atoms with van der Waals surface area (Å²) in [6.07, 6.45) is 1.17. The molecule has 2 rings (SSSR count). The van der Waals surface area contributed by atoms with E-state index in [1.807, 2.05) is 30.3 Å². The maximum absolute atomic E-state index is 12.2. The molecular formula is C14H16O2. The third-order valence-electron chi connectivity index (χ3n) is 3.49. The van der Waals surface area contributed by atoms with Crippen molar-refractivity contribution in [3.8, 4) is 0 Å². The summed E-state index contributed by atoms with van der Waals surface area (Å²) in [6, 6.07) is 9.74. The van der Waals surface area contributed by atoms with E-state index in [4.69, 9.17) is 0 Å². The van der Waals surface area contributed by atoms with Crippen LogP contribution in [0.1, 0.15) is 38.2 Å². The van der Waals surface area contributed by atoms with Crippen LogP contribution < -0.4 is 0 Å². The van der Waals surface area contributed by atoms with Gasteiger partial charge in [-0.3, -0.25) is 9.59 Å². The van der Waals surface area contributed by atoms with Crippen LogP contribution in [0.4, 0.5) is 0 Å². The second-order valence-corrected chi connectivity index (χ2v) is 4.91. The van der Waals surface area contributed by atoms with Gasteiger partial charge in [0.25, 0.3) is 0 Å². The molecule has 0 radical (unpaired) electrons. The average molecular weight is 216 g/mol. The van der Waals surface area contributed by atoms with Crippen LogP contribution in [0.5, 0.6) is 0 Å². The van der Waals surface area contributed by atoms with Gasteiger partial charge in [-0.2, -0.15) is 0 Å². The van der Waals surface area contributed by atoms with Crippen LogP contribution in [-0.2, 0) is 9.59 Å². The lowest BCUT2D eigenvalue weighted by Crippen LogP contribution is -2.41. The van der Waals surface area contributed by atoms with E-state index in [0.29, 0.717) is 12.8 Å². The van der Waals surface area contributed by atoms with E-state index in [1.54, 1.807) is 13.8 Å². The molecule has 1 aromatic rings. The van der Waals surface area contributed by atoms with Crippen LogP contribution in [0, 0.1) is 5.41 Å². The molecule has 0 aliphatic heterocycles. The van der Waals surface area contributed by atoms with Gasteiger partial charge in [-0.05, 0) is 25.8 Å². The van der Waals surface area contributed by atoms with Crippen molar-refractivity contribution in [1.29, 1.82) is 0 Å². The highest BCUT2D eigenvalue weighted by molar-refractivity contribution is 6.10. The van der Waals surface area contributed by atoms with Crippen molar-refractivity contribution in [3.63, 3.8) is 0 Å². The molecule has 0 spiro atoms. The first-order chi connectivity index (χ1) is 7.53. The molecule has 1 aromatic carbocycles. The number of carbonyl (C=O) groups excluding carboxylic acids is 2. The molecule has 1 aliphatic rings. The molecule has 2 heteroatoms. The third kappa shape index (κ3) is 1.69. The fourth-order valence-electron chi connectivity index (χ4n) is 2.30. The highest BCUT2D eigenvalue weighted by Gasteiger charge is 2.43. The average Bonchev–Trinajstić information content (AvgIpc) is 2.28. The number of hydrogen-bond acceptors (Lipinski definition) is 2. The molecule has 1 fully saturated rings. The number of carbonyl (C=O) groups is 2. The Morgan fingerprint density at radius 3 is 2.38 bits per heavy atom. The summed E-state index contributed by atoms with van der Waals surface area (Å²) in [7, 11) is 0. The van der Waals surface area contributed by atoms with E-state index in [9.17, 15) is 9.59 Å². The van der Waals surface area contributed by atoms with Gasteiger partial charge in [0.2, 0.25) is 0 Å². The summed E-state index contributed by atoms with van der Waals surface area (Å²) in [6.45, 7) is 3.49. The summed E-state index contributed by atoms with van der Waals surface area (Å²) in [5.74, 6) is 0.0357. The zero-order valence-electron chi connectivity index (χ0n) is 9.69. The molecule has 1 saturated carbocycles. The summed E-state index contributed by atoms with van der Waals surface area (Å²) in [4.78, 5) is 23.9. The second-order valence-electron chi connectivity index (χ2n) is 4.91. The fourth-order valence-corrected chi connectivity index (χ4v) is 2.30. The monoisotopic (exact) mass is 216 g/mol. The molecule has 0 saturated heterocycles. The molecule has 0 amide bonds. The standard InChI is InChI=1S/C14H16O2/c1-14(2)12(15)9-8-11(13(14)16)10-6-4-3-5-7-10/h3-7,11H,8-9H2,1-2H3. The molecular weight excluding hydrogens is 200 g/mol. The lowest BCUT2D eigenvalue weighted by molar-refractivity contribution is -0.142. The number of benzene rings is 1. The lowest BCUT2D eigenvalue weighted by Gasteiger charge is -2.32. The maximum Gasteiger partial charge on any atom is 0.153 e. The van der Waals surface area contributed by atoms with Gasteiger partial charge >= 0.3 is 0 Å². The molecule has 1 unspecified atom stereocenters. The lowest BCUT2D eigenvalue weighted by atomic mass is 9.68. The molecule has 0 N–H and O–H groups in total. The molecule has 0 aromatic heterocycles. The van der Waals surface area contributed by atoms with Crippen molar-refractivity contribution in [2.75, 3.05) is 0 Å². The van der Waals surface area contributed by atoms with Crippen LogP contribution in [0.15, 0.2) is 30.3 Å². The normalized spacial score (nSPS) is 24.5. The van der Waals surface area contributed by atoms with E-state index in [2.05, 4.69) is 0 Å². The predicted octanol–water partition coefficient (Wildman–Crippen LogP) is 2.73. The predicted molar refractivity (Wildman–Crippen MR) is 62.2 cm³/mol. The number of rotatable bonds is 1. The summed E-state index contributed by atoms with van der Waals surface area (Å²) >= 11 is 0. The number of ketones is 2. The van der Waals surface area contributed by atoms with E-state index < -0.39 is 5.41 Å². The topological polar surface area (TPSA) is 34.1 Å². The first kappa shape index (κ1) is 11.1. The van der Waals surface area contributed by atoms with Crippen LogP contribution in [0.25, 0.3) is 0 Å². The SMILES string of the molecule is CC1(C)C(=O)CCC(c2ccccc2)C1=O. The largest absolute Gasteiger partial charge is 0.299 e. The first-order valence-electron chi connectivity index (χ1n) is 5.66. The van der Waals surface area contributed by atoms with Crippen LogP contribution in [0.2, 0.25) is 0 Å². The van der Waals surface area contributed by atoms with Gasteiger partial charge in [-0.25, -0.2) is 0 Å². The number of Topliss-reactive ketones (excluding diaryl/α,β-unsaturated/α-hetero) is 2. The van der Waals surface area contributed by atoms with E-state index in [-0.39, 0.29) is 17.5 Å². The Bertz CT molecular complexity index is 418. The quantitative estimate of drug-likeness (QED) is 0.676. The Labute approximate surface area is 95.7 Å². The summed E-state index contributed by atoms with van der Waals surface area (Å²) in [5.41, 5.74) is 0.228. The van der Waals surface area contributed by atoms with Gasteiger partial charge in [0, 0.05) is 12.3 Å². The van der Waals surface area contributed by atoms with Gasteiger partial charge in [-0.1, -0.05) is 30.3 Å². The highest BCUT2D eigenvalue weighted by Crippen LogP contribution is 2.37. The Kier molecular flexibility index (Phi) is 2.66. The van der Waals surface area contributed by atoms with Crippen molar-refractivity contribution in [3.05, 3.63) is 35.9 Å². The Morgan fingerprint density at radius 2 is 1.75 bits per heavy atom. The molecule has 0 bridgehead atoms. The molecule has 16 heavy (non-hydrogen) atoms. The first-order valence-corrected chi connectivity index (χ1v) is 5.66. The Hall–Kier alpha value is -1.44. The highest BCUT2D eigenvalue weighted by atomic mass is 16.2. The van der Waals surface area contributed by atoms with Gasteiger partial charge in [0.05, 0.1) is 5.41 Å². The number of hydrogen-bond donors (Lipinski definition) is 0. The van der Waals surface area contributed by atoms with Crippen molar-refractivity contribution < 1.29 is 9.59 Å². The zero-order chi connectivity index (χ0) is 11.8. The zero-order valence-corrected chi connectivity index (χ0v) is 9.69. The minimum absolute atomic E-state index is 0.0648. The van der Waals surface area contributed by atoms with Crippen LogP contribution >= 0.6 is 0 Å². The van der Waals surface area contributed by atoms with Crippen molar-refractivity contribution >= 4 is 11.6 Å². The van der Waals surface area contributed by atoms with Crippen molar-refractivity contribution in [2.24, 2.45) is 5.41 Å².